The molecule has 1 saturated heterocycles. The van der Waals surface area contributed by atoms with Crippen LogP contribution in [0.2, 0.25) is 0 Å². The molecule has 0 spiro atoms. The summed E-state index contributed by atoms with van der Waals surface area (Å²) in [7, 11) is 0. The molecule has 1 aliphatic carbocycles. The number of alkyl halides is 3. The predicted octanol–water partition coefficient (Wildman–Crippen LogP) is 2.15. The summed E-state index contributed by atoms with van der Waals surface area (Å²) in [6, 6.07) is 0. The summed E-state index contributed by atoms with van der Waals surface area (Å²) in [5.74, 6) is 1.11. The van der Waals surface area contributed by atoms with Crippen LogP contribution in [0.3, 0.4) is 0 Å². The van der Waals surface area contributed by atoms with Crippen LogP contribution in [0.25, 0.3) is 0 Å². The number of nitrogens with two attached hydrogens (primary N) is 1. The monoisotopic (exact) mass is 304 g/mol. The second-order valence-electron chi connectivity index (χ2n) is 6.13. The van der Waals surface area contributed by atoms with Gasteiger partial charge in [0.05, 0.1) is 12.1 Å². The fourth-order valence-electron chi connectivity index (χ4n) is 2.98. The van der Waals surface area contributed by atoms with Gasteiger partial charge in [-0.3, -0.25) is 4.90 Å². The van der Waals surface area contributed by atoms with E-state index in [2.05, 4.69) is 10.1 Å². The third-order valence-electron chi connectivity index (χ3n) is 4.47. The van der Waals surface area contributed by atoms with Gasteiger partial charge in [-0.05, 0) is 45.2 Å². The van der Waals surface area contributed by atoms with Crippen LogP contribution in [0.15, 0.2) is 4.52 Å². The Kier molecular flexibility index (Phi) is 3.69. The van der Waals surface area contributed by atoms with Crippen molar-refractivity contribution in [3.8, 4) is 0 Å². The molecular formula is C13H19F3N4O. The number of rotatable bonds is 3. The molecular weight excluding hydrogens is 285 g/mol. The van der Waals surface area contributed by atoms with E-state index in [1.807, 2.05) is 0 Å². The maximum absolute atomic E-state index is 12.3. The van der Waals surface area contributed by atoms with E-state index in [-0.39, 0.29) is 5.92 Å². The summed E-state index contributed by atoms with van der Waals surface area (Å²) in [6.07, 6.45) is -0.145. The van der Waals surface area contributed by atoms with Crippen molar-refractivity contribution in [1.29, 1.82) is 0 Å². The highest BCUT2D eigenvalue weighted by atomic mass is 19.4. The maximum Gasteiger partial charge on any atom is 0.401 e. The molecule has 1 saturated carbocycles. The number of piperidine rings is 1. The fourth-order valence-corrected chi connectivity index (χ4v) is 2.98. The summed E-state index contributed by atoms with van der Waals surface area (Å²) in [5.41, 5.74) is 5.68. The van der Waals surface area contributed by atoms with Gasteiger partial charge in [0.2, 0.25) is 5.89 Å². The average molecular weight is 304 g/mol. The Morgan fingerprint density at radius 2 is 1.95 bits per heavy atom. The van der Waals surface area contributed by atoms with Gasteiger partial charge in [-0.1, -0.05) is 5.16 Å². The maximum atomic E-state index is 12.3. The molecule has 2 heterocycles. The third-order valence-corrected chi connectivity index (χ3v) is 4.47. The fraction of sp³-hybridized carbons (Fsp3) is 0.846. The Morgan fingerprint density at radius 1 is 1.29 bits per heavy atom. The van der Waals surface area contributed by atoms with Crippen LogP contribution in [-0.2, 0) is 5.54 Å². The Labute approximate surface area is 120 Å². The van der Waals surface area contributed by atoms with Crippen molar-refractivity contribution in [2.45, 2.75) is 49.7 Å². The first-order chi connectivity index (χ1) is 9.86. The smallest absolute Gasteiger partial charge is 0.339 e. The molecule has 1 aliphatic heterocycles. The van der Waals surface area contributed by atoms with Gasteiger partial charge in [-0.25, -0.2) is 0 Å². The zero-order chi connectivity index (χ0) is 15.1. The molecule has 2 N–H and O–H groups in total. The van der Waals surface area contributed by atoms with Crippen LogP contribution in [0.1, 0.15) is 49.7 Å². The van der Waals surface area contributed by atoms with E-state index < -0.39 is 18.3 Å². The summed E-state index contributed by atoms with van der Waals surface area (Å²) >= 11 is 0. The highest BCUT2D eigenvalue weighted by molar-refractivity contribution is 5.10. The standard InChI is InChI=1S/C13H19F3N4O/c14-13(15,16)8-20-6-2-9(3-7-20)10-18-11(19-21-10)12(17)4-1-5-12/h9H,1-8,17H2. The Morgan fingerprint density at radius 3 is 2.48 bits per heavy atom. The van der Waals surface area contributed by atoms with Crippen LogP contribution in [0, 0.1) is 0 Å². The highest BCUT2D eigenvalue weighted by Gasteiger charge is 2.40. The number of likely N-dealkylation sites (tertiary alicyclic amines) is 1. The van der Waals surface area contributed by atoms with Gasteiger partial charge in [0.25, 0.3) is 0 Å². The molecule has 1 aromatic rings. The first-order valence-corrected chi connectivity index (χ1v) is 7.28. The molecule has 0 radical (unpaired) electrons. The van der Waals surface area contributed by atoms with Crippen molar-refractivity contribution in [3.63, 3.8) is 0 Å². The molecule has 21 heavy (non-hydrogen) atoms. The average Bonchev–Trinajstić information content (AvgIpc) is 2.85. The van der Waals surface area contributed by atoms with Crippen molar-refractivity contribution >= 4 is 0 Å². The zero-order valence-corrected chi connectivity index (χ0v) is 11.7. The zero-order valence-electron chi connectivity index (χ0n) is 11.7. The van der Waals surface area contributed by atoms with Gasteiger partial charge < -0.3 is 10.3 Å². The minimum absolute atomic E-state index is 0.0411. The Balaban J connectivity index is 1.57. The molecule has 0 bridgehead atoms. The molecule has 2 fully saturated rings. The topological polar surface area (TPSA) is 68.2 Å². The first-order valence-electron chi connectivity index (χ1n) is 7.28. The lowest BCUT2D eigenvalue weighted by Gasteiger charge is -2.34. The Bertz CT molecular complexity index is 490. The van der Waals surface area contributed by atoms with Crippen molar-refractivity contribution < 1.29 is 17.7 Å². The van der Waals surface area contributed by atoms with Gasteiger partial charge >= 0.3 is 6.18 Å². The van der Waals surface area contributed by atoms with Gasteiger partial charge in [0.1, 0.15) is 0 Å². The molecule has 0 atom stereocenters. The summed E-state index contributed by atoms with van der Waals surface area (Å²) in [6.45, 7) is -0.0496. The van der Waals surface area contributed by atoms with E-state index in [1.165, 1.54) is 4.90 Å². The summed E-state index contributed by atoms with van der Waals surface area (Å²) in [4.78, 5) is 5.80. The van der Waals surface area contributed by atoms with Crippen LogP contribution in [-0.4, -0.2) is 40.9 Å². The van der Waals surface area contributed by atoms with Gasteiger partial charge in [0, 0.05) is 5.92 Å². The van der Waals surface area contributed by atoms with Crippen molar-refractivity contribution in [1.82, 2.24) is 15.0 Å². The lowest BCUT2D eigenvalue weighted by atomic mass is 9.77. The van der Waals surface area contributed by atoms with Crippen LogP contribution < -0.4 is 5.73 Å². The molecule has 0 amide bonds. The lowest BCUT2D eigenvalue weighted by molar-refractivity contribution is -0.148. The molecule has 0 aromatic carbocycles. The molecule has 5 nitrogen and oxygen atoms in total. The second-order valence-corrected chi connectivity index (χ2v) is 6.13. The van der Waals surface area contributed by atoms with Crippen molar-refractivity contribution in [2.24, 2.45) is 5.73 Å². The molecule has 0 unspecified atom stereocenters. The van der Waals surface area contributed by atoms with E-state index in [0.29, 0.717) is 37.6 Å². The summed E-state index contributed by atoms with van der Waals surface area (Å²) < 4.78 is 42.3. The predicted molar refractivity (Wildman–Crippen MR) is 68.5 cm³/mol. The minimum atomic E-state index is -4.14. The van der Waals surface area contributed by atoms with E-state index in [1.54, 1.807) is 0 Å². The number of hydrogen-bond acceptors (Lipinski definition) is 5. The van der Waals surface area contributed by atoms with Gasteiger partial charge in [0.15, 0.2) is 5.82 Å². The molecule has 8 heteroatoms. The molecule has 2 aliphatic rings. The summed E-state index contributed by atoms with van der Waals surface area (Å²) in [5, 5.41) is 3.96. The molecule has 1 aromatic heterocycles. The van der Waals surface area contributed by atoms with Crippen LogP contribution in [0.4, 0.5) is 13.2 Å². The van der Waals surface area contributed by atoms with E-state index in [0.717, 1.165) is 19.3 Å². The number of aromatic nitrogens is 2. The van der Waals surface area contributed by atoms with Crippen LogP contribution >= 0.6 is 0 Å². The quantitative estimate of drug-likeness (QED) is 0.926. The van der Waals surface area contributed by atoms with Gasteiger partial charge in [-0.2, -0.15) is 18.2 Å². The highest BCUT2D eigenvalue weighted by Crippen LogP contribution is 2.38. The third kappa shape index (κ3) is 3.21. The lowest BCUT2D eigenvalue weighted by Crippen LogP contribution is -2.44. The minimum Gasteiger partial charge on any atom is -0.339 e. The van der Waals surface area contributed by atoms with E-state index in [4.69, 9.17) is 10.3 Å². The van der Waals surface area contributed by atoms with E-state index >= 15 is 0 Å². The second kappa shape index (κ2) is 5.24. The largest absolute Gasteiger partial charge is 0.401 e. The van der Waals surface area contributed by atoms with Gasteiger partial charge in [-0.15, -0.1) is 0 Å². The number of halogens is 3. The Hall–Kier alpha value is -1.15. The van der Waals surface area contributed by atoms with E-state index in [9.17, 15) is 13.2 Å². The first kappa shape index (κ1) is 14.8. The van der Waals surface area contributed by atoms with Crippen molar-refractivity contribution in [3.05, 3.63) is 11.7 Å². The van der Waals surface area contributed by atoms with Crippen LogP contribution in [0.5, 0.6) is 0 Å². The van der Waals surface area contributed by atoms with Crippen molar-refractivity contribution in [2.75, 3.05) is 19.6 Å². The molecule has 3 rings (SSSR count). The number of hydrogen-bond donors (Lipinski definition) is 1. The molecule has 118 valence electrons. The SMILES string of the molecule is NC1(c2noc(C3CCN(CC(F)(F)F)CC3)n2)CCC1. The normalized spacial score (nSPS) is 24.0. The number of nitrogens with zero attached hydrogens (tertiary/aromatic N) is 3.